The Morgan fingerprint density at radius 3 is 2.70 bits per heavy atom. The first-order valence-corrected chi connectivity index (χ1v) is 12.4. The average Bonchev–Trinajstić information content (AvgIpc) is 3.48. The molecule has 0 unspecified atom stereocenters. The average molecular weight is 543 g/mol. The van der Waals surface area contributed by atoms with Crippen molar-refractivity contribution in [3.8, 4) is 23.0 Å². The van der Waals surface area contributed by atoms with Gasteiger partial charge in [-0.1, -0.05) is 41.4 Å². The third-order valence-electron chi connectivity index (χ3n) is 5.94. The van der Waals surface area contributed by atoms with Gasteiger partial charge in [0.2, 0.25) is 5.88 Å². The fraction of sp³-hybridized carbons (Fsp3) is 0.308. The molecular formula is C26H24Cl2N4O5. The molecule has 1 aliphatic carbocycles. The molecule has 1 fully saturated rings. The number of halogens is 2. The van der Waals surface area contributed by atoms with E-state index in [1.807, 2.05) is 47.9 Å². The first kappa shape index (κ1) is 25.3. The van der Waals surface area contributed by atoms with E-state index >= 15 is 0 Å². The van der Waals surface area contributed by atoms with Crippen molar-refractivity contribution < 1.29 is 24.1 Å². The van der Waals surface area contributed by atoms with Crippen LogP contribution in [0.3, 0.4) is 0 Å². The lowest BCUT2D eigenvalue weighted by atomic mass is 10.2. The van der Waals surface area contributed by atoms with Crippen molar-refractivity contribution in [1.29, 1.82) is 0 Å². The summed E-state index contributed by atoms with van der Waals surface area (Å²) in [5, 5.41) is 9.69. The monoisotopic (exact) mass is 542 g/mol. The van der Waals surface area contributed by atoms with Crippen LogP contribution in [0.1, 0.15) is 25.3 Å². The molecule has 37 heavy (non-hydrogen) atoms. The van der Waals surface area contributed by atoms with E-state index in [0.29, 0.717) is 50.8 Å². The minimum Gasteiger partial charge on any atom is -0.490 e. The fourth-order valence-electron chi connectivity index (χ4n) is 3.84. The van der Waals surface area contributed by atoms with Crippen molar-refractivity contribution in [3.63, 3.8) is 0 Å². The topological polar surface area (TPSA) is 109 Å². The lowest BCUT2D eigenvalue weighted by Crippen LogP contribution is -2.13. The van der Waals surface area contributed by atoms with E-state index in [2.05, 4.69) is 9.97 Å². The number of benzene rings is 2. The maximum Gasteiger partial charge on any atom is 0.329 e. The van der Waals surface area contributed by atoms with Gasteiger partial charge in [0.15, 0.2) is 11.2 Å². The molecule has 2 heterocycles. The predicted octanol–water partition coefficient (Wildman–Crippen LogP) is 5.26. The molecule has 9 nitrogen and oxygen atoms in total. The second kappa shape index (κ2) is 10.5. The van der Waals surface area contributed by atoms with E-state index in [-0.39, 0.29) is 18.8 Å². The van der Waals surface area contributed by atoms with Gasteiger partial charge in [0.05, 0.1) is 18.2 Å². The number of nitrogens with zero attached hydrogens (tertiary/aromatic N) is 4. The zero-order valence-corrected chi connectivity index (χ0v) is 21.5. The number of imidazole rings is 1. The Morgan fingerprint density at radius 2 is 1.95 bits per heavy atom. The number of aromatic nitrogens is 4. The van der Waals surface area contributed by atoms with Crippen LogP contribution in [0.4, 0.5) is 0 Å². The normalized spacial score (nSPS) is 14.0. The number of fused-ring (bicyclic) bond motifs is 1. The number of carboxylic acid groups (broad SMARTS) is 1. The van der Waals surface area contributed by atoms with Crippen molar-refractivity contribution in [1.82, 2.24) is 19.5 Å². The molecule has 5 rings (SSSR count). The Hall–Kier alpha value is -3.40. The first-order chi connectivity index (χ1) is 17.8. The zero-order chi connectivity index (χ0) is 26.0. The largest absolute Gasteiger partial charge is 0.490 e. The highest BCUT2D eigenvalue weighted by molar-refractivity contribution is 6.34. The van der Waals surface area contributed by atoms with Gasteiger partial charge in [-0.2, -0.15) is 4.98 Å². The van der Waals surface area contributed by atoms with Crippen molar-refractivity contribution >= 4 is 40.3 Å². The number of rotatable bonds is 11. The zero-order valence-electron chi connectivity index (χ0n) is 20.0. The van der Waals surface area contributed by atoms with Crippen molar-refractivity contribution in [2.45, 2.75) is 31.9 Å². The number of carbonyl (C=O) groups is 1. The summed E-state index contributed by atoms with van der Waals surface area (Å²) in [6.45, 7) is 2.33. The SMILES string of the molecule is CC1(Oc2ncnc3c2nc(-c2cccc(OCCOCC(=O)O)c2Cl)n3Cc2cccc(Cl)c2)CC1. The van der Waals surface area contributed by atoms with Crippen LogP contribution in [-0.2, 0) is 16.1 Å². The highest BCUT2D eigenvalue weighted by atomic mass is 35.5. The molecule has 1 aliphatic rings. The molecule has 2 aromatic carbocycles. The molecule has 0 atom stereocenters. The maximum atomic E-state index is 10.6. The van der Waals surface area contributed by atoms with E-state index in [9.17, 15) is 4.79 Å². The van der Waals surface area contributed by atoms with Crippen LogP contribution in [0.15, 0.2) is 48.8 Å². The summed E-state index contributed by atoms with van der Waals surface area (Å²) < 4.78 is 18.9. The highest BCUT2D eigenvalue weighted by Crippen LogP contribution is 2.42. The molecule has 0 saturated heterocycles. The summed E-state index contributed by atoms with van der Waals surface area (Å²) in [6, 6.07) is 13.0. The van der Waals surface area contributed by atoms with Crippen LogP contribution in [-0.4, -0.2) is 56.0 Å². The van der Waals surface area contributed by atoms with Gasteiger partial charge in [-0.25, -0.2) is 14.8 Å². The number of aliphatic carboxylic acids is 1. The fourth-order valence-corrected chi connectivity index (χ4v) is 4.32. The minimum absolute atomic E-state index is 0.106. The van der Waals surface area contributed by atoms with Gasteiger partial charge in [-0.3, -0.25) is 0 Å². The molecule has 0 bridgehead atoms. The van der Waals surface area contributed by atoms with Crippen LogP contribution in [0, 0.1) is 0 Å². The molecule has 1 saturated carbocycles. The maximum absolute atomic E-state index is 10.6. The molecule has 0 radical (unpaired) electrons. The van der Waals surface area contributed by atoms with Crippen LogP contribution in [0.2, 0.25) is 10.0 Å². The quantitative estimate of drug-likeness (QED) is 0.255. The van der Waals surface area contributed by atoms with Gasteiger partial charge in [0.1, 0.15) is 36.7 Å². The van der Waals surface area contributed by atoms with E-state index in [4.69, 9.17) is 47.5 Å². The third kappa shape index (κ3) is 5.79. The summed E-state index contributed by atoms with van der Waals surface area (Å²) in [4.78, 5) is 24.4. The summed E-state index contributed by atoms with van der Waals surface area (Å²) >= 11 is 13.0. The highest BCUT2D eigenvalue weighted by Gasteiger charge is 2.41. The summed E-state index contributed by atoms with van der Waals surface area (Å²) in [5.41, 5.74) is 2.49. The molecular weight excluding hydrogens is 519 g/mol. The minimum atomic E-state index is -1.04. The lowest BCUT2D eigenvalue weighted by Gasteiger charge is -2.13. The van der Waals surface area contributed by atoms with E-state index < -0.39 is 12.6 Å². The Labute approximate surface area is 222 Å². The number of carboxylic acids is 1. The van der Waals surface area contributed by atoms with Gasteiger partial charge >= 0.3 is 5.97 Å². The van der Waals surface area contributed by atoms with E-state index in [0.717, 1.165) is 18.4 Å². The number of hydrogen-bond donors (Lipinski definition) is 1. The molecule has 4 aromatic rings. The summed E-state index contributed by atoms with van der Waals surface area (Å²) in [6.07, 6.45) is 3.38. The molecule has 192 valence electrons. The van der Waals surface area contributed by atoms with Gasteiger partial charge < -0.3 is 23.9 Å². The smallest absolute Gasteiger partial charge is 0.329 e. The van der Waals surface area contributed by atoms with Crippen LogP contribution >= 0.6 is 23.2 Å². The van der Waals surface area contributed by atoms with Gasteiger partial charge in [-0.15, -0.1) is 0 Å². The Kier molecular flexibility index (Phi) is 7.19. The van der Waals surface area contributed by atoms with E-state index in [1.54, 1.807) is 6.07 Å². The van der Waals surface area contributed by atoms with Crippen molar-refractivity contribution in [2.75, 3.05) is 19.8 Å². The Balaban J connectivity index is 1.53. The van der Waals surface area contributed by atoms with Gasteiger partial charge in [-0.05, 0) is 49.6 Å². The summed E-state index contributed by atoms with van der Waals surface area (Å²) in [7, 11) is 0. The Bertz CT molecular complexity index is 1450. The first-order valence-electron chi connectivity index (χ1n) is 11.7. The Morgan fingerprint density at radius 1 is 1.14 bits per heavy atom. The number of hydrogen-bond acceptors (Lipinski definition) is 7. The molecule has 11 heteroatoms. The predicted molar refractivity (Wildman–Crippen MR) is 139 cm³/mol. The second-order valence-electron chi connectivity index (χ2n) is 8.97. The molecule has 1 N–H and O–H groups in total. The molecule has 2 aromatic heterocycles. The van der Waals surface area contributed by atoms with Crippen LogP contribution in [0.25, 0.3) is 22.6 Å². The molecule has 0 spiro atoms. The van der Waals surface area contributed by atoms with Crippen LogP contribution < -0.4 is 9.47 Å². The second-order valence-corrected chi connectivity index (χ2v) is 9.78. The van der Waals surface area contributed by atoms with Crippen LogP contribution in [0.5, 0.6) is 11.6 Å². The standard InChI is InChI=1S/C26H24Cl2N4O5/c1-26(8-9-26)37-25-22-24(29-15-30-25)32(13-16-4-2-5-17(27)12-16)23(31-22)18-6-3-7-19(21(18)28)36-11-10-35-14-20(33)34/h2-7,12,15H,8-11,13-14H2,1H3,(H,33,34). The third-order valence-corrected chi connectivity index (χ3v) is 6.57. The molecule has 0 amide bonds. The molecule has 0 aliphatic heterocycles. The van der Waals surface area contributed by atoms with Crippen molar-refractivity contribution in [2.24, 2.45) is 0 Å². The van der Waals surface area contributed by atoms with Gasteiger partial charge in [0.25, 0.3) is 0 Å². The van der Waals surface area contributed by atoms with E-state index in [1.165, 1.54) is 6.33 Å². The van der Waals surface area contributed by atoms with Gasteiger partial charge in [0, 0.05) is 10.6 Å². The lowest BCUT2D eigenvalue weighted by molar-refractivity contribution is -0.142. The van der Waals surface area contributed by atoms with Crippen molar-refractivity contribution in [3.05, 3.63) is 64.4 Å². The summed E-state index contributed by atoms with van der Waals surface area (Å²) in [5.74, 6) is 0.377. The number of ether oxygens (including phenoxy) is 3.